The van der Waals surface area contributed by atoms with Crippen molar-refractivity contribution < 1.29 is 0 Å². The molecule has 0 unspecified atom stereocenters. The number of aromatic nitrogens is 2. The summed E-state index contributed by atoms with van der Waals surface area (Å²) in [5.41, 5.74) is 4.97. The van der Waals surface area contributed by atoms with Gasteiger partial charge in [0.1, 0.15) is 10.0 Å². The average Bonchev–Trinajstić information content (AvgIpc) is 3.20. The van der Waals surface area contributed by atoms with Gasteiger partial charge in [0.05, 0.1) is 0 Å². The van der Waals surface area contributed by atoms with Crippen molar-refractivity contribution in [2.45, 2.75) is 13.8 Å². The standard InChI is InChI=1S/C18H14N2S2/c1-11-3-4-13-14(9-11)15(17-19-5-7-21-17)10-12(2)16(13)18-20-6-8-22-18/h3-10H,1-2H3. The Kier molecular flexibility index (Phi) is 3.28. The highest BCUT2D eigenvalue weighted by Gasteiger charge is 2.15. The number of hydrogen-bond acceptors (Lipinski definition) is 4. The second-order valence-electron chi connectivity index (χ2n) is 5.34. The molecule has 0 radical (unpaired) electrons. The van der Waals surface area contributed by atoms with E-state index < -0.39 is 0 Å². The zero-order chi connectivity index (χ0) is 15.1. The number of aryl methyl sites for hydroxylation is 2. The highest BCUT2D eigenvalue weighted by molar-refractivity contribution is 7.13. The second kappa shape index (κ2) is 5.30. The van der Waals surface area contributed by atoms with Gasteiger partial charge in [-0.1, -0.05) is 23.8 Å². The van der Waals surface area contributed by atoms with Crippen molar-refractivity contribution in [2.24, 2.45) is 0 Å². The summed E-state index contributed by atoms with van der Waals surface area (Å²) in [7, 11) is 0. The molecular weight excluding hydrogens is 308 g/mol. The van der Waals surface area contributed by atoms with E-state index in [1.165, 1.54) is 33.0 Å². The minimum atomic E-state index is 1.07. The molecule has 0 fully saturated rings. The Bertz CT molecular complexity index is 939. The van der Waals surface area contributed by atoms with Gasteiger partial charge in [-0.25, -0.2) is 9.97 Å². The lowest BCUT2D eigenvalue weighted by molar-refractivity contribution is 1.38. The molecule has 108 valence electrons. The molecule has 2 aromatic heterocycles. The molecule has 2 aromatic carbocycles. The van der Waals surface area contributed by atoms with Gasteiger partial charge >= 0.3 is 0 Å². The van der Waals surface area contributed by atoms with Crippen LogP contribution in [-0.2, 0) is 0 Å². The van der Waals surface area contributed by atoms with E-state index in [0.29, 0.717) is 0 Å². The summed E-state index contributed by atoms with van der Waals surface area (Å²) in [6.07, 6.45) is 3.74. The maximum atomic E-state index is 4.52. The number of nitrogens with zero attached hydrogens (tertiary/aromatic N) is 2. The van der Waals surface area contributed by atoms with Gasteiger partial charge in [0, 0.05) is 34.3 Å². The van der Waals surface area contributed by atoms with Crippen molar-refractivity contribution in [1.29, 1.82) is 0 Å². The van der Waals surface area contributed by atoms with E-state index in [4.69, 9.17) is 0 Å². The molecule has 0 aliphatic rings. The van der Waals surface area contributed by atoms with Crippen molar-refractivity contribution in [3.8, 4) is 21.1 Å². The smallest absolute Gasteiger partial charge is 0.124 e. The topological polar surface area (TPSA) is 25.8 Å². The number of fused-ring (bicyclic) bond motifs is 1. The summed E-state index contributed by atoms with van der Waals surface area (Å²) < 4.78 is 0. The molecule has 4 aromatic rings. The van der Waals surface area contributed by atoms with Crippen LogP contribution in [0.4, 0.5) is 0 Å². The summed E-state index contributed by atoms with van der Waals surface area (Å²) in [5, 5.41) is 8.72. The van der Waals surface area contributed by atoms with E-state index in [0.717, 1.165) is 10.0 Å². The molecule has 0 N–H and O–H groups in total. The lowest BCUT2D eigenvalue weighted by Crippen LogP contribution is -1.90. The van der Waals surface area contributed by atoms with E-state index >= 15 is 0 Å². The van der Waals surface area contributed by atoms with Crippen LogP contribution in [-0.4, -0.2) is 9.97 Å². The van der Waals surface area contributed by atoms with E-state index in [1.807, 2.05) is 23.2 Å². The third kappa shape index (κ3) is 2.16. The Labute approximate surface area is 137 Å². The molecule has 0 saturated heterocycles. The van der Waals surface area contributed by atoms with Gasteiger partial charge in [-0.2, -0.15) is 0 Å². The molecule has 0 bridgehead atoms. The van der Waals surface area contributed by atoms with Crippen molar-refractivity contribution in [1.82, 2.24) is 9.97 Å². The SMILES string of the molecule is Cc1ccc2c(-c3nccs3)c(C)cc(-c3nccs3)c2c1. The van der Waals surface area contributed by atoms with Gasteiger partial charge in [-0.3, -0.25) is 0 Å². The molecule has 0 atom stereocenters. The van der Waals surface area contributed by atoms with Gasteiger partial charge < -0.3 is 0 Å². The molecule has 22 heavy (non-hydrogen) atoms. The van der Waals surface area contributed by atoms with Crippen LogP contribution in [0.25, 0.3) is 31.9 Å². The Morgan fingerprint density at radius 1 is 0.818 bits per heavy atom. The molecule has 4 rings (SSSR count). The first-order chi connectivity index (χ1) is 10.7. The lowest BCUT2D eigenvalue weighted by Gasteiger charge is -2.13. The van der Waals surface area contributed by atoms with Gasteiger partial charge in [-0.15, -0.1) is 22.7 Å². The summed E-state index contributed by atoms with van der Waals surface area (Å²) in [6, 6.07) is 8.88. The second-order valence-corrected chi connectivity index (χ2v) is 7.13. The number of thiazole rings is 2. The Hall–Kier alpha value is -2.04. The first-order valence-electron chi connectivity index (χ1n) is 7.08. The monoisotopic (exact) mass is 322 g/mol. The largest absolute Gasteiger partial charge is 0.245 e. The summed E-state index contributed by atoms with van der Waals surface area (Å²) in [5.74, 6) is 0. The normalized spacial score (nSPS) is 11.2. The van der Waals surface area contributed by atoms with Crippen molar-refractivity contribution in [3.05, 3.63) is 58.5 Å². The van der Waals surface area contributed by atoms with Crippen molar-refractivity contribution >= 4 is 33.4 Å². The third-order valence-corrected chi connectivity index (χ3v) is 5.40. The summed E-state index contributed by atoms with van der Waals surface area (Å²) >= 11 is 3.37. The highest BCUT2D eigenvalue weighted by atomic mass is 32.1. The fourth-order valence-corrected chi connectivity index (χ4v) is 4.27. The van der Waals surface area contributed by atoms with Crippen LogP contribution < -0.4 is 0 Å². The highest BCUT2D eigenvalue weighted by Crippen LogP contribution is 2.39. The molecule has 2 nitrogen and oxygen atoms in total. The minimum absolute atomic E-state index is 1.07. The maximum Gasteiger partial charge on any atom is 0.124 e. The van der Waals surface area contributed by atoms with E-state index in [2.05, 4.69) is 48.1 Å². The van der Waals surface area contributed by atoms with Crippen LogP contribution in [0.3, 0.4) is 0 Å². The third-order valence-electron chi connectivity index (χ3n) is 3.80. The van der Waals surface area contributed by atoms with E-state index in [9.17, 15) is 0 Å². The number of hydrogen-bond donors (Lipinski definition) is 0. The number of benzene rings is 2. The minimum Gasteiger partial charge on any atom is -0.245 e. The Balaban J connectivity index is 2.12. The molecule has 0 aliphatic heterocycles. The summed E-state index contributed by atoms with van der Waals surface area (Å²) in [4.78, 5) is 9.02. The summed E-state index contributed by atoms with van der Waals surface area (Å²) in [6.45, 7) is 4.29. The molecule has 0 spiro atoms. The molecule has 4 heteroatoms. The van der Waals surface area contributed by atoms with Gasteiger partial charge in [0.25, 0.3) is 0 Å². The van der Waals surface area contributed by atoms with Crippen LogP contribution in [0.2, 0.25) is 0 Å². The molecule has 0 aliphatic carbocycles. The first-order valence-corrected chi connectivity index (χ1v) is 8.83. The number of rotatable bonds is 2. The van der Waals surface area contributed by atoms with Gasteiger partial charge in [0.15, 0.2) is 0 Å². The fraction of sp³-hybridized carbons (Fsp3) is 0.111. The maximum absolute atomic E-state index is 4.52. The zero-order valence-electron chi connectivity index (χ0n) is 12.3. The van der Waals surface area contributed by atoms with E-state index in [1.54, 1.807) is 22.7 Å². The fourth-order valence-electron chi connectivity index (χ4n) is 2.84. The van der Waals surface area contributed by atoms with Crippen molar-refractivity contribution in [3.63, 3.8) is 0 Å². The molecule has 0 amide bonds. The van der Waals surface area contributed by atoms with Gasteiger partial charge in [0.2, 0.25) is 0 Å². The van der Waals surface area contributed by atoms with Crippen LogP contribution in [0, 0.1) is 13.8 Å². The predicted octanol–water partition coefficient (Wildman–Crippen LogP) is 5.70. The molecule has 2 heterocycles. The molecule has 0 saturated carbocycles. The predicted molar refractivity (Wildman–Crippen MR) is 95.6 cm³/mol. The van der Waals surface area contributed by atoms with Crippen LogP contribution in [0.15, 0.2) is 47.4 Å². The van der Waals surface area contributed by atoms with Crippen LogP contribution >= 0.6 is 22.7 Å². The average molecular weight is 322 g/mol. The Morgan fingerprint density at radius 2 is 1.55 bits per heavy atom. The first kappa shape index (κ1) is 13.6. The zero-order valence-corrected chi connectivity index (χ0v) is 14.0. The van der Waals surface area contributed by atoms with Crippen LogP contribution in [0.1, 0.15) is 11.1 Å². The van der Waals surface area contributed by atoms with Gasteiger partial charge in [-0.05, 0) is 36.2 Å². The van der Waals surface area contributed by atoms with Crippen molar-refractivity contribution in [2.75, 3.05) is 0 Å². The quantitative estimate of drug-likeness (QED) is 0.473. The Morgan fingerprint density at radius 3 is 2.23 bits per heavy atom. The van der Waals surface area contributed by atoms with Crippen LogP contribution in [0.5, 0.6) is 0 Å². The van der Waals surface area contributed by atoms with E-state index in [-0.39, 0.29) is 0 Å². The molecular formula is C18H14N2S2. The lowest BCUT2D eigenvalue weighted by atomic mass is 9.94.